The van der Waals surface area contributed by atoms with Gasteiger partial charge in [0, 0.05) is 31.0 Å². The number of carboxylic acid groups (broad SMARTS) is 1. The van der Waals surface area contributed by atoms with Gasteiger partial charge >= 0.3 is 5.97 Å². The Bertz CT molecular complexity index is 795. The van der Waals surface area contributed by atoms with E-state index in [4.69, 9.17) is 10.4 Å². The molecular formula is C16H20N4O4S. The minimum absolute atomic E-state index is 0.00519. The number of aromatic nitrogens is 1. The van der Waals surface area contributed by atoms with E-state index in [0.717, 1.165) is 19.4 Å². The molecule has 2 saturated carbocycles. The smallest absolute Gasteiger partial charge is 0.317 e. The van der Waals surface area contributed by atoms with Crippen LogP contribution in [0.25, 0.3) is 0 Å². The van der Waals surface area contributed by atoms with E-state index in [0.29, 0.717) is 18.8 Å². The molecule has 0 aromatic carbocycles. The molecule has 0 spiro atoms. The highest BCUT2D eigenvalue weighted by Crippen LogP contribution is 2.34. The molecule has 0 saturated heterocycles. The average Bonchev–Trinajstić information content (AvgIpc) is 3.33. The van der Waals surface area contributed by atoms with Crippen molar-refractivity contribution in [1.29, 1.82) is 5.26 Å². The number of carboxylic acids is 1. The van der Waals surface area contributed by atoms with Crippen molar-refractivity contribution in [2.24, 2.45) is 5.92 Å². The Morgan fingerprint density at radius 3 is 2.72 bits per heavy atom. The normalized spacial score (nSPS) is 23.0. The van der Waals surface area contributed by atoms with Crippen LogP contribution >= 0.6 is 0 Å². The second kappa shape index (κ2) is 7.07. The second-order valence-electron chi connectivity index (χ2n) is 6.73. The first kappa shape index (κ1) is 17.8. The van der Waals surface area contributed by atoms with E-state index in [9.17, 15) is 13.2 Å². The Kier molecular flexibility index (Phi) is 5.03. The molecule has 1 aromatic rings. The monoisotopic (exact) mass is 364 g/mol. The molecule has 25 heavy (non-hydrogen) atoms. The Hall–Kier alpha value is -2.02. The number of aliphatic carboxylic acids is 1. The predicted octanol–water partition coefficient (Wildman–Crippen LogP) is 0.559. The topological polar surface area (TPSA) is 123 Å². The molecule has 1 aromatic heterocycles. The summed E-state index contributed by atoms with van der Waals surface area (Å²) in [5.74, 6) is -0.279. The maximum Gasteiger partial charge on any atom is 0.317 e. The van der Waals surface area contributed by atoms with Crippen LogP contribution in [-0.4, -0.2) is 54.6 Å². The van der Waals surface area contributed by atoms with Gasteiger partial charge in [0.15, 0.2) is 0 Å². The van der Waals surface area contributed by atoms with Gasteiger partial charge in [0.05, 0.1) is 12.1 Å². The predicted molar refractivity (Wildman–Crippen MR) is 88.0 cm³/mol. The molecule has 2 aliphatic rings. The molecule has 0 aliphatic heterocycles. The zero-order valence-corrected chi connectivity index (χ0v) is 14.4. The van der Waals surface area contributed by atoms with Crippen LogP contribution < -0.4 is 4.72 Å². The summed E-state index contributed by atoms with van der Waals surface area (Å²) < 4.78 is 27.4. The van der Waals surface area contributed by atoms with Crippen molar-refractivity contribution < 1.29 is 18.3 Å². The lowest BCUT2D eigenvalue weighted by Gasteiger charge is -2.42. The minimum Gasteiger partial charge on any atom is -0.480 e. The van der Waals surface area contributed by atoms with Crippen LogP contribution in [0.2, 0.25) is 0 Å². The largest absolute Gasteiger partial charge is 0.480 e. The van der Waals surface area contributed by atoms with Crippen LogP contribution in [0, 0.1) is 17.2 Å². The van der Waals surface area contributed by atoms with Crippen LogP contribution in [0.4, 0.5) is 0 Å². The Morgan fingerprint density at radius 2 is 2.12 bits per heavy atom. The quantitative estimate of drug-likeness (QED) is 0.691. The number of hydrogen-bond donors (Lipinski definition) is 2. The van der Waals surface area contributed by atoms with E-state index >= 15 is 0 Å². The highest BCUT2D eigenvalue weighted by molar-refractivity contribution is 7.89. The van der Waals surface area contributed by atoms with Crippen LogP contribution in [0.1, 0.15) is 31.2 Å². The molecule has 9 heteroatoms. The van der Waals surface area contributed by atoms with Crippen LogP contribution in [0.15, 0.2) is 23.4 Å². The van der Waals surface area contributed by atoms with Gasteiger partial charge in [-0.05, 0) is 37.7 Å². The molecule has 2 aliphatic carbocycles. The van der Waals surface area contributed by atoms with Gasteiger partial charge in [-0.3, -0.25) is 14.7 Å². The number of nitrogens with zero attached hydrogens (tertiary/aromatic N) is 3. The maximum atomic E-state index is 12.4. The molecule has 0 amide bonds. The number of nitriles is 1. The van der Waals surface area contributed by atoms with Gasteiger partial charge in [0.1, 0.15) is 11.0 Å². The highest BCUT2D eigenvalue weighted by atomic mass is 32.2. The lowest BCUT2D eigenvalue weighted by molar-refractivity contribution is -0.139. The van der Waals surface area contributed by atoms with Gasteiger partial charge in [-0.25, -0.2) is 13.1 Å². The number of rotatable bonds is 8. The molecule has 2 N–H and O–H groups in total. The van der Waals surface area contributed by atoms with Gasteiger partial charge in [-0.1, -0.05) is 0 Å². The van der Waals surface area contributed by atoms with Crippen LogP contribution in [0.5, 0.6) is 0 Å². The molecule has 0 atom stereocenters. The standard InChI is InChI=1S/C16H20N4O4S/c17-6-12-3-15(8-18-7-12)25(23,24)19-13-4-14(5-13)20(10-16(21)22)9-11-1-2-11/h3,7-8,11,13-14,19H,1-2,4-5,9-10H2,(H,21,22). The van der Waals surface area contributed by atoms with Crippen molar-refractivity contribution in [1.82, 2.24) is 14.6 Å². The van der Waals surface area contributed by atoms with Crippen molar-refractivity contribution in [3.8, 4) is 6.07 Å². The third-order valence-corrected chi connectivity index (χ3v) is 6.12. The summed E-state index contributed by atoms with van der Waals surface area (Å²) in [5, 5.41) is 17.9. The van der Waals surface area contributed by atoms with Crippen molar-refractivity contribution in [3.05, 3.63) is 24.0 Å². The SMILES string of the molecule is N#Cc1cncc(S(=O)(=O)NC2CC(N(CC(=O)O)CC3CC3)C2)c1. The fourth-order valence-corrected chi connectivity index (χ4v) is 4.29. The summed E-state index contributed by atoms with van der Waals surface area (Å²) in [4.78, 5) is 16.7. The molecule has 8 nitrogen and oxygen atoms in total. The Morgan fingerprint density at radius 1 is 1.40 bits per heavy atom. The highest BCUT2D eigenvalue weighted by Gasteiger charge is 2.38. The molecule has 2 fully saturated rings. The molecule has 134 valence electrons. The maximum absolute atomic E-state index is 12.4. The van der Waals surface area contributed by atoms with Crippen molar-refractivity contribution >= 4 is 16.0 Å². The molecule has 0 bridgehead atoms. The molecular weight excluding hydrogens is 344 g/mol. The number of carbonyl (C=O) groups is 1. The summed E-state index contributed by atoms with van der Waals surface area (Å²) in [6.45, 7) is 0.763. The van der Waals surface area contributed by atoms with Gasteiger partial charge in [-0.2, -0.15) is 5.26 Å². The van der Waals surface area contributed by atoms with E-state index in [2.05, 4.69) is 9.71 Å². The summed E-state index contributed by atoms with van der Waals surface area (Å²) in [6.07, 6.45) is 5.97. The van der Waals surface area contributed by atoms with Gasteiger partial charge in [0.25, 0.3) is 0 Å². The molecule has 3 rings (SSSR count). The first-order valence-corrected chi connectivity index (χ1v) is 9.69. The van der Waals surface area contributed by atoms with Crippen LogP contribution in [-0.2, 0) is 14.8 Å². The van der Waals surface area contributed by atoms with Gasteiger partial charge in [0.2, 0.25) is 10.0 Å². The Balaban J connectivity index is 1.58. The molecule has 0 radical (unpaired) electrons. The number of hydrogen-bond acceptors (Lipinski definition) is 6. The summed E-state index contributed by atoms with van der Waals surface area (Å²) >= 11 is 0. The van der Waals surface area contributed by atoms with Crippen LogP contribution in [0.3, 0.4) is 0 Å². The second-order valence-corrected chi connectivity index (χ2v) is 8.45. The van der Waals surface area contributed by atoms with E-state index in [1.54, 1.807) is 0 Å². The number of sulfonamides is 1. The van der Waals surface area contributed by atoms with E-state index in [-0.39, 0.29) is 29.1 Å². The first-order valence-electron chi connectivity index (χ1n) is 8.20. The average molecular weight is 364 g/mol. The molecule has 0 unspecified atom stereocenters. The fourth-order valence-electron chi connectivity index (χ4n) is 3.05. The summed E-state index contributed by atoms with van der Waals surface area (Å²) in [6, 6.07) is 3.02. The van der Waals surface area contributed by atoms with Gasteiger partial charge < -0.3 is 5.11 Å². The van der Waals surface area contributed by atoms with Crippen molar-refractivity contribution in [2.75, 3.05) is 13.1 Å². The fraction of sp³-hybridized carbons (Fsp3) is 0.562. The summed E-state index contributed by atoms with van der Waals surface area (Å²) in [5.41, 5.74) is 0.187. The minimum atomic E-state index is -3.73. The third-order valence-electron chi connectivity index (χ3n) is 4.63. The van der Waals surface area contributed by atoms with Crippen molar-refractivity contribution in [2.45, 2.75) is 42.7 Å². The van der Waals surface area contributed by atoms with E-state index in [1.165, 1.54) is 18.5 Å². The lowest BCUT2D eigenvalue weighted by Crippen LogP contribution is -2.55. The number of nitrogens with one attached hydrogen (secondary N) is 1. The summed E-state index contributed by atoms with van der Waals surface area (Å²) in [7, 11) is -3.73. The Labute approximate surface area is 146 Å². The zero-order valence-electron chi connectivity index (χ0n) is 13.6. The van der Waals surface area contributed by atoms with E-state index < -0.39 is 16.0 Å². The van der Waals surface area contributed by atoms with Gasteiger partial charge in [-0.15, -0.1) is 0 Å². The lowest BCUT2D eigenvalue weighted by atomic mass is 9.86. The third kappa shape index (κ3) is 4.54. The zero-order chi connectivity index (χ0) is 18.0. The molecule has 1 heterocycles. The number of pyridine rings is 1. The van der Waals surface area contributed by atoms with Crippen molar-refractivity contribution in [3.63, 3.8) is 0 Å². The van der Waals surface area contributed by atoms with E-state index in [1.807, 2.05) is 11.0 Å². The first-order chi connectivity index (χ1) is 11.9.